The van der Waals surface area contributed by atoms with E-state index in [-0.39, 0.29) is 30.6 Å². The molecule has 92 valence electrons. The molecule has 5 nitrogen and oxygen atoms in total. The van der Waals surface area contributed by atoms with Gasteiger partial charge in [0.05, 0.1) is 18.9 Å². The van der Waals surface area contributed by atoms with Gasteiger partial charge in [-0.25, -0.2) is 0 Å². The van der Waals surface area contributed by atoms with Crippen LogP contribution in [0.5, 0.6) is 0 Å². The molecule has 0 aromatic heterocycles. The number of rotatable bonds is 6. The summed E-state index contributed by atoms with van der Waals surface area (Å²) < 4.78 is 15.0. The molecule has 1 heterocycles. The molecule has 5 heteroatoms. The smallest absolute Gasteiger partial charge is 0.308 e. The lowest BCUT2D eigenvalue weighted by Crippen LogP contribution is -2.20. The summed E-state index contributed by atoms with van der Waals surface area (Å²) in [5, 5.41) is 0. The molecule has 0 spiro atoms. The second-order valence-electron chi connectivity index (χ2n) is 3.86. The predicted octanol–water partition coefficient (Wildman–Crippen LogP) is 0.908. The summed E-state index contributed by atoms with van der Waals surface area (Å²) in [5.41, 5.74) is 0. The lowest BCUT2D eigenvalue weighted by molar-refractivity contribution is -0.150. The first kappa shape index (κ1) is 13.0. The van der Waals surface area contributed by atoms with E-state index in [1.807, 2.05) is 13.8 Å². The third kappa shape index (κ3) is 4.18. The second kappa shape index (κ2) is 6.48. The molecule has 2 atom stereocenters. The minimum atomic E-state index is -0.235. The van der Waals surface area contributed by atoms with E-state index in [1.165, 1.54) is 0 Å². The zero-order valence-corrected chi connectivity index (χ0v) is 9.73. The molecule has 0 aromatic rings. The molecule has 0 bridgehead atoms. The van der Waals surface area contributed by atoms with Crippen LogP contribution >= 0.6 is 0 Å². The van der Waals surface area contributed by atoms with Gasteiger partial charge in [0, 0.05) is 0 Å². The van der Waals surface area contributed by atoms with E-state index < -0.39 is 0 Å². The maximum Gasteiger partial charge on any atom is 0.308 e. The van der Waals surface area contributed by atoms with E-state index in [1.54, 1.807) is 0 Å². The number of carbonyl (C=O) groups excluding carboxylic acids is 2. The van der Waals surface area contributed by atoms with Gasteiger partial charge in [0.15, 0.2) is 0 Å². The van der Waals surface area contributed by atoms with Crippen LogP contribution in [0.25, 0.3) is 0 Å². The van der Waals surface area contributed by atoms with Gasteiger partial charge in [-0.15, -0.1) is 0 Å². The highest BCUT2D eigenvalue weighted by Crippen LogP contribution is 2.09. The third-order valence-corrected chi connectivity index (χ3v) is 2.52. The van der Waals surface area contributed by atoms with E-state index >= 15 is 0 Å². The summed E-state index contributed by atoms with van der Waals surface area (Å²) in [6.45, 7) is 4.60. The Labute approximate surface area is 95.0 Å². The lowest BCUT2D eigenvalue weighted by atomic mass is 10.1. The van der Waals surface area contributed by atoms with Gasteiger partial charge in [-0.1, -0.05) is 13.8 Å². The van der Waals surface area contributed by atoms with Crippen molar-refractivity contribution >= 4 is 11.9 Å². The van der Waals surface area contributed by atoms with Crippen molar-refractivity contribution in [3.8, 4) is 0 Å². The summed E-state index contributed by atoms with van der Waals surface area (Å²) in [7, 11) is 0. The van der Waals surface area contributed by atoms with E-state index in [0.717, 1.165) is 6.42 Å². The molecule has 1 rings (SSSR count). The Hall–Kier alpha value is -1.10. The van der Waals surface area contributed by atoms with Crippen molar-refractivity contribution in [1.82, 2.24) is 0 Å². The third-order valence-electron chi connectivity index (χ3n) is 2.52. The molecule has 0 amide bonds. The van der Waals surface area contributed by atoms with Gasteiger partial charge in [-0.2, -0.15) is 0 Å². The highest BCUT2D eigenvalue weighted by atomic mass is 16.6. The molecule has 16 heavy (non-hydrogen) atoms. The van der Waals surface area contributed by atoms with Gasteiger partial charge in [-0.3, -0.25) is 9.59 Å². The van der Waals surface area contributed by atoms with Crippen LogP contribution in [0.4, 0.5) is 0 Å². The summed E-state index contributed by atoms with van der Waals surface area (Å²) in [4.78, 5) is 22.0. The van der Waals surface area contributed by atoms with Crippen LogP contribution in [0, 0.1) is 5.92 Å². The average Bonchev–Trinajstić information content (AvgIpc) is 2.69. The van der Waals surface area contributed by atoms with Crippen molar-refractivity contribution in [2.24, 2.45) is 5.92 Å². The topological polar surface area (TPSA) is 61.8 Å². The number of cyclic esters (lactones) is 1. The highest BCUT2D eigenvalue weighted by Gasteiger charge is 2.24. The van der Waals surface area contributed by atoms with Gasteiger partial charge in [0.1, 0.15) is 19.3 Å². The van der Waals surface area contributed by atoms with Crippen LogP contribution in [0.2, 0.25) is 0 Å². The van der Waals surface area contributed by atoms with Crippen molar-refractivity contribution in [2.45, 2.75) is 32.8 Å². The highest BCUT2D eigenvalue weighted by molar-refractivity contribution is 5.72. The van der Waals surface area contributed by atoms with Crippen molar-refractivity contribution in [2.75, 3.05) is 19.8 Å². The summed E-state index contributed by atoms with van der Waals surface area (Å²) in [6.07, 6.45) is 0.874. The van der Waals surface area contributed by atoms with Gasteiger partial charge in [-0.05, 0) is 6.42 Å². The zero-order chi connectivity index (χ0) is 12.0. The van der Waals surface area contributed by atoms with Crippen molar-refractivity contribution in [3.05, 3.63) is 0 Å². The maximum absolute atomic E-state index is 11.3. The van der Waals surface area contributed by atoms with Crippen LogP contribution in [0.1, 0.15) is 26.7 Å². The first-order valence-corrected chi connectivity index (χ1v) is 5.57. The first-order chi connectivity index (χ1) is 7.63. The Balaban J connectivity index is 2.03. The Bertz CT molecular complexity index is 251. The van der Waals surface area contributed by atoms with E-state index in [0.29, 0.717) is 19.6 Å². The summed E-state index contributed by atoms with van der Waals surface area (Å²) in [6, 6.07) is 0. The SMILES string of the molecule is CCC(C)C(=O)OCCOC1COC(=O)C1. The Morgan fingerprint density at radius 1 is 1.56 bits per heavy atom. The van der Waals surface area contributed by atoms with Gasteiger partial charge in [0.25, 0.3) is 0 Å². The minimum Gasteiger partial charge on any atom is -0.463 e. The van der Waals surface area contributed by atoms with E-state index in [9.17, 15) is 9.59 Å². The predicted molar refractivity (Wildman–Crippen MR) is 55.7 cm³/mol. The van der Waals surface area contributed by atoms with Crippen LogP contribution in [-0.4, -0.2) is 37.9 Å². The van der Waals surface area contributed by atoms with Crippen LogP contribution in [-0.2, 0) is 23.8 Å². The fourth-order valence-corrected chi connectivity index (χ4v) is 1.26. The zero-order valence-electron chi connectivity index (χ0n) is 9.73. The second-order valence-corrected chi connectivity index (χ2v) is 3.86. The molecule has 0 aliphatic carbocycles. The Morgan fingerprint density at radius 3 is 2.88 bits per heavy atom. The van der Waals surface area contributed by atoms with Crippen molar-refractivity contribution in [3.63, 3.8) is 0 Å². The molecule has 2 unspecified atom stereocenters. The molecule has 0 N–H and O–H groups in total. The molecule has 0 aromatic carbocycles. The van der Waals surface area contributed by atoms with Gasteiger partial charge in [0.2, 0.25) is 0 Å². The molecule has 0 saturated carbocycles. The molecule has 1 aliphatic rings. The Morgan fingerprint density at radius 2 is 2.31 bits per heavy atom. The normalized spacial score (nSPS) is 21.6. The van der Waals surface area contributed by atoms with Crippen LogP contribution in [0.3, 0.4) is 0 Å². The Kier molecular flexibility index (Phi) is 5.25. The van der Waals surface area contributed by atoms with E-state index in [2.05, 4.69) is 0 Å². The number of ether oxygens (including phenoxy) is 3. The number of hydrogen-bond donors (Lipinski definition) is 0. The number of esters is 2. The maximum atomic E-state index is 11.3. The molecule has 1 aliphatic heterocycles. The first-order valence-electron chi connectivity index (χ1n) is 5.57. The van der Waals surface area contributed by atoms with Gasteiger partial charge < -0.3 is 14.2 Å². The molecule has 0 radical (unpaired) electrons. The summed E-state index contributed by atoms with van der Waals surface area (Å²) >= 11 is 0. The number of hydrogen-bond acceptors (Lipinski definition) is 5. The van der Waals surface area contributed by atoms with Crippen LogP contribution in [0.15, 0.2) is 0 Å². The van der Waals surface area contributed by atoms with Crippen molar-refractivity contribution < 1.29 is 23.8 Å². The minimum absolute atomic E-state index is 0.0728. The van der Waals surface area contributed by atoms with E-state index in [4.69, 9.17) is 14.2 Å². The summed E-state index contributed by atoms with van der Waals surface area (Å²) in [5.74, 6) is -0.511. The molecule has 1 saturated heterocycles. The van der Waals surface area contributed by atoms with Crippen molar-refractivity contribution in [1.29, 1.82) is 0 Å². The largest absolute Gasteiger partial charge is 0.463 e. The fraction of sp³-hybridized carbons (Fsp3) is 0.818. The molecular formula is C11H18O5. The van der Waals surface area contributed by atoms with Crippen LogP contribution < -0.4 is 0 Å². The average molecular weight is 230 g/mol. The molecule has 1 fully saturated rings. The quantitative estimate of drug-likeness (QED) is 0.501. The molecular weight excluding hydrogens is 212 g/mol. The van der Waals surface area contributed by atoms with Gasteiger partial charge >= 0.3 is 11.9 Å². The number of carbonyl (C=O) groups is 2. The standard InChI is InChI=1S/C11H18O5/c1-3-8(2)11(13)15-5-4-14-9-6-10(12)16-7-9/h8-9H,3-7H2,1-2H3. The lowest BCUT2D eigenvalue weighted by Gasteiger charge is -2.11. The fourth-order valence-electron chi connectivity index (χ4n) is 1.26. The monoisotopic (exact) mass is 230 g/mol.